The third-order valence-electron chi connectivity index (χ3n) is 8.84. The zero-order valence-electron chi connectivity index (χ0n) is 26.4. The second-order valence-electron chi connectivity index (χ2n) is 14.0. The second-order valence-corrected chi connectivity index (χ2v) is 14.0. The average Bonchev–Trinajstić information content (AvgIpc) is 3.46. The van der Waals surface area contributed by atoms with Crippen LogP contribution in [-0.2, 0) is 16.0 Å². The molecule has 3 unspecified atom stereocenters. The summed E-state index contributed by atoms with van der Waals surface area (Å²) in [6, 6.07) is 6.03. The molecule has 226 valence electrons. The lowest BCUT2D eigenvalue weighted by atomic mass is 9.76. The predicted octanol–water partition coefficient (Wildman–Crippen LogP) is 5.42. The number of fused-ring (bicyclic) bond motifs is 1. The topological polar surface area (TPSA) is 70.1 Å². The smallest absolute Gasteiger partial charge is 0.308 e. The molecule has 40 heavy (non-hydrogen) atoms. The Labute approximate surface area is 243 Å². The lowest BCUT2D eigenvalue weighted by Crippen LogP contribution is -2.46. The van der Waals surface area contributed by atoms with Gasteiger partial charge in [-0.25, -0.2) is 0 Å². The SMILES string of the molecule is CCCCN(CCCC[N+](C)(C)C)C(=O)CN1CC(c2ccc3c(c2)CCO3)C(C(=O)O)C1CC(C)(C)CCC. The minimum atomic E-state index is -0.753. The van der Waals surface area contributed by atoms with Crippen molar-refractivity contribution in [2.24, 2.45) is 11.3 Å². The Morgan fingerprint density at radius 1 is 1.10 bits per heavy atom. The summed E-state index contributed by atoms with van der Waals surface area (Å²) in [5, 5.41) is 10.6. The van der Waals surface area contributed by atoms with E-state index < -0.39 is 11.9 Å². The summed E-state index contributed by atoms with van der Waals surface area (Å²) in [6.07, 6.45) is 7.85. The van der Waals surface area contributed by atoms with Gasteiger partial charge in [0.05, 0.1) is 46.8 Å². The highest BCUT2D eigenvalue weighted by Crippen LogP contribution is 2.44. The van der Waals surface area contributed by atoms with E-state index in [1.54, 1.807) is 0 Å². The number of quaternary nitrogens is 1. The molecule has 1 amide bonds. The number of nitrogens with zero attached hydrogens (tertiary/aromatic N) is 3. The Bertz CT molecular complexity index is 986. The number of carbonyl (C=O) groups is 2. The number of hydrogen-bond acceptors (Lipinski definition) is 4. The van der Waals surface area contributed by atoms with Gasteiger partial charge in [-0.1, -0.05) is 52.7 Å². The molecule has 0 bridgehead atoms. The van der Waals surface area contributed by atoms with E-state index in [1.807, 2.05) is 17.0 Å². The van der Waals surface area contributed by atoms with Crippen LogP contribution in [-0.4, -0.2) is 97.8 Å². The summed E-state index contributed by atoms with van der Waals surface area (Å²) in [7, 11) is 6.62. The summed E-state index contributed by atoms with van der Waals surface area (Å²) in [5.41, 5.74) is 2.23. The molecule has 2 heterocycles. The molecular formula is C33H56N3O4+. The Morgan fingerprint density at radius 3 is 2.48 bits per heavy atom. The van der Waals surface area contributed by atoms with Crippen molar-refractivity contribution in [1.29, 1.82) is 0 Å². The summed E-state index contributed by atoms with van der Waals surface area (Å²) in [6.45, 7) is 13.0. The second kappa shape index (κ2) is 14.2. The van der Waals surface area contributed by atoms with Gasteiger partial charge in [-0.05, 0) is 54.7 Å². The summed E-state index contributed by atoms with van der Waals surface area (Å²) < 4.78 is 6.65. The molecule has 1 saturated heterocycles. The number of rotatable bonds is 16. The molecule has 3 rings (SSSR count). The van der Waals surface area contributed by atoms with E-state index in [0.717, 1.165) is 86.8 Å². The molecule has 1 aromatic rings. The minimum absolute atomic E-state index is 0.00217. The van der Waals surface area contributed by atoms with E-state index in [9.17, 15) is 14.7 Å². The van der Waals surface area contributed by atoms with Crippen LogP contribution >= 0.6 is 0 Å². The number of aliphatic carboxylic acids is 1. The highest BCUT2D eigenvalue weighted by atomic mass is 16.5. The van der Waals surface area contributed by atoms with Gasteiger partial charge in [0.25, 0.3) is 0 Å². The Morgan fingerprint density at radius 2 is 1.82 bits per heavy atom. The fourth-order valence-electron chi connectivity index (χ4n) is 6.74. The van der Waals surface area contributed by atoms with Crippen molar-refractivity contribution in [3.63, 3.8) is 0 Å². The van der Waals surface area contributed by atoms with Crippen LogP contribution in [0.25, 0.3) is 0 Å². The van der Waals surface area contributed by atoms with Gasteiger partial charge in [0.2, 0.25) is 5.91 Å². The number of hydrogen-bond donors (Lipinski definition) is 1. The number of carboxylic acids is 1. The maximum atomic E-state index is 13.8. The molecule has 0 saturated carbocycles. The highest BCUT2D eigenvalue weighted by molar-refractivity contribution is 5.79. The van der Waals surface area contributed by atoms with Gasteiger partial charge in [0, 0.05) is 38.0 Å². The monoisotopic (exact) mass is 558 g/mol. The molecule has 1 fully saturated rings. The first-order valence-corrected chi connectivity index (χ1v) is 15.7. The molecule has 0 aliphatic carbocycles. The summed E-state index contributed by atoms with van der Waals surface area (Å²) in [4.78, 5) is 31.0. The average molecular weight is 559 g/mol. The maximum Gasteiger partial charge on any atom is 0.308 e. The van der Waals surface area contributed by atoms with Gasteiger partial charge in [0.1, 0.15) is 5.75 Å². The Kier molecular flexibility index (Phi) is 11.5. The molecular weight excluding hydrogens is 502 g/mol. The Hall–Kier alpha value is -2.12. The van der Waals surface area contributed by atoms with Crippen molar-refractivity contribution in [3.05, 3.63) is 29.3 Å². The van der Waals surface area contributed by atoms with Crippen molar-refractivity contribution in [2.45, 2.75) is 91.0 Å². The van der Waals surface area contributed by atoms with Crippen molar-refractivity contribution in [1.82, 2.24) is 9.80 Å². The first-order valence-electron chi connectivity index (χ1n) is 15.7. The molecule has 2 aliphatic heterocycles. The van der Waals surface area contributed by atoms with Crippen LogP contribution in [0.2, 0.25) is 0 Å². The number of unbranched alkanes of at least 4 members (excludes halogenated alkanes) is 2. The van der Waals surface area contributed by atoms with Crippen molar-refractivity contribution >= 4 is 11.9 Å². The zero-order chi connectivity index (χ0) is 29.5. The van der Waals surface area contributed by atoms with E-state index >= 15 is 0 Å². The number of amides is 1. The first-order chi connectivity index (χ1) is 18.8. The zero-order valence-corrected chi connectivity index (χ0v) is 26.4. The van der Waals surface area contributed by atoms with Gasteiger partial charge < -0.3 is 19.2 Å². The number of ether oxygens (including phenoxy) is 1. The highest BCUT2D eigenvalue weighted by Gasteiger charge is 2.48. The van der Waals surface area contributed by atoms with Gasteiger partial charge in [-0.3, -0.25) is 14.5 Å². The fraction of sp³-hybridized carbons (Fsp3) is 0.758. The molecule has 1 N–H and O–H groups in total. The fourth-order valence-corrected chi connectivity index (χ4v) is 6.74. The van der Waals surface area contributed by atoms with Crippen LogP contribution in [0.5, 0.6) is 5.75 Å². The van der Waals surface area contributed by atoms with Crippen molar-refractivity contribution in [3.8, 4) is 5.75 Å². The van der Waals surface area contributed by atoms with Crippen LogP contribution < -0.4 is 4.74 Å². The van der Waals surface area contributed by atoms with E-state index in [4.69, 9.17) is 4.74 Å². The third kappa shape index (κ3) is 8.94. The minimum Gasteiger partial charge on any atom is -0.493 e. The molecule has 0 aromatic heterocycles. The number of carboxylic acid groups (broad SMARTS) is 1. The van der Waals surface area contributed by atoms with E-state index in [0.29, 0.717) is 19.7 Å². The third-order valence-corrected chi connectivity index (χ3v) is 8.84. The molecule has 2 aliphatic rings. The Balaban J connectivity index is 1.84. The lowest BCUT2D eigenvalue weighted by molar-refractivity contribution is -0.870. The van der Waals surface area contributed by atoms with E-state index in [2.05, 4.69) is 59.8 Å². The van der Waals surface area contributed by atoms with E-state index in [1.165, 1.54) is 5.56 Å². The standard InChI is InChI=1S/C33H55N3O4/c1-8-10-17-34(18-11-12-19-36(5,6)7)30(37)24-35-23-27(25-13-14-29-26(21-25)15-20-40-29)31(32(38)39)28(35)22-33(3,4)16-9-2/h13-14,21,27-28,31H,8-12,15-20,22-24H2,1-7H3/p+1. The largest absolute Gasteiger partial charge is 0.493 e. The van der Waals surface area contributed by atoms with E-state index in [-0.39, 0.29) is 23.3 Å². The summed E-state index contributed by atoms with van der Waals surface area (Å²) >= 11 is 0. The molecule has 1 aromatic carbocycles. The van der Waals surface area contributed by atoms with Crippen molar-refractivity contribution < 1.29 is 23.9 Å². The van der Waals surface area contributed by atoms with Crippen LogP contribution in [0.3, 0.4) is 0 Å². The maximum absolute atomic E-state index is 13.8. The molecule has 0 spiro atoms. The van der Waals surface area contributed by atoms with Crippen LogP contribution in [0.15, 0.2) is 18.2 Å². The molecule has 3 atom stereocenters. The number of likely N-dealkylation sites (tertiary alicyclic amines) is 1. The molecule has 7 nitrogen and oxygen atoms in total. The van der Waals surface area contributed by atoms with Gasteiger partial charge in [-0.15, -0.1) is 0 Å². The van der Waals surface area contributed by atoms with Crippen LogP contribution in [0, 0.1) is 11.3 Å². The molecule has 0 radical (unpaired) electrons. The van der Waals surface area contributed by atoms with Gasteiger partial charge in [0.15, 0.2) is 0 Å². The van der Waals surface area contributed by atoms with Crippen molar-refractivity contribution in [2.75, 3.05) is 60.5 Å². The first kappa shape index (κ1) is 32.4. The van der Waals surface area contributed by atoms with Gasteiger partial charge >= 0.3 is 5.97 Å². The number of carbonyl (C=O) groups excluding carboxylic acids is 1. The molecule has 7 heteroatoms. The van der Waals surface area contributed by atoms with Gasteiger partial charge in [-0.2, -0.15) is 0 Å². The quantitative estimate of drug-likeness (QED) is 0.217. The predicted molar refractivity (Wildman–Crippen MR) is 162 cm³/mol. The van der Waals surface area contributed by atoms with Crippen LogP contribution in [0.4, 0.5) is 0 Å². The summed E-state index contributed by atoms with van der Waals surface area (Å²) in [5.74, 6) is -0.385. The normalized spacial score (nSPS) is 21.3. The van der Waals surface area contributed by atoms with Crippen LogP contribution in [0.1, 0.15) is 89.7 Å². The lowest BCUT2D eigenvalue weighted by Gasteiger charge is -2.35. The number of benzene rings is 1.